The molecule has 21 heavy (non-hydrogen) atoms. The molecule has 0 spiro atoms. The van der Waals surface area contributed by atoms with E-state index in [9.17, 15) is 0 Å². The molecule has 0 aliphatic carbocycles. The van der Waals surface area contributed by atoms with Gasteiger partial charge in [-0.1, -0.05) is 92.7 Å². The molecule has 3 aromatic rings. The van der Waals surface area contributed by atoms with Gasteiger partial charge < -0.3 is 0 Å². The molecule has 0 aromatic heterocycles. The molecule has 0 aliphatic heterocycles. The lowest BCUT2D eigenvalue weighted by Gasteiger charge is -2.09. The Labute approximate surface area is 127 Å². The molecular weight excluding hydrogens is 252 g/mol. The van der Waals surface area contributed by atoms with Crippen molar-refractivity contribution in [3.8, 4) is 22.3 Å². The van der Waals surface area contributed by atoms with Crippen LogP contribution >= 0.6 is 0 Å². The third-order valence-electron chi connectivity index (χ3n) is 3.88. The van der Waals surface area contributed by atoms with E-state index >= 15 is 0 Å². The highest BCUT2D eigenvalue weighted by Gasteiger charge is 2.03. The molecule has 0 heterocycles. The summed E-state index contributed by atoms with van der Waals surface area (Å²) < 4.78 is 0. The quantitative estimate of drug-likeness (QED) is 0.537. The molecule has 0 fully saturated rings. The van der Waals surface area contributed by atoms with Crippen LogP contribution in [0.3, 0.4) is 0 Å². The molecule has 104 valence electrons. The molecule has 3 rings (SSSR count). The molecule has 0 N–H and O–H groups in total. The van der Waals surface area contributed by atoms with Crippen LogP contribution in [0.25, 0.3) is 22.3 Å². The highest BCUT2D eigenvalue weighted by molar-refractivity contribution is 5.70. The first-order chi connectivity index (χ1) is 10.2. The van der Waals surface area contributed by atoms with Crippen LogP contribution in [0, 0.1) is 0 Å². The third kappa shape index (κ3) is 3.05. The van der Waals surface area contributed by atoms with Crippen molar-refractivity contribution in [1.29, 1.82) is 0 Å². The SMILES string of the molecule is CC(C)c1cccc(-c2ccc(-c3ccccc3)cc2)c1. The average molecular weight is 272 g/mol. The van der Waals surface area contributed by atoms with Crippen LogP contribution in [-0.2, 0) is 0 Å². The van der Waals surface area contributed by atoms with Gasteiger partial charge in [0.15, 0.2) is 0 Å². The molecule has 0 heteroatoms. The standard InChI is InChI=1S/C21H20/c1-16(2)20-9-6-10-21(15-20)19-13-11-18(12-14-19)17-7-4-3-5-8-17/h3-16H,1-2H3. The molecule has 0 radical (unpaired) electrons. The summed E-state index contributed by atoms with van der Waals surface area (Å²) in [5.41, 5.74) is 6.48. The Hall–Kier alpha value is -2.34. The lowest BCUT2D eigenvalue weighted by atomic mass is 9.96. The maximum Gasteiger partial charge on any atom is -0.0181 e. The summed E-state index contributed by atoms with van der Waals surface area (Å²) in [7, 11) is 0. The zero-order valence-corrected chi connectivity index (χ0v) is 12.6. The van der Waals surface area contributed by atoms with E-state index in [0.29, 0.717) is 5.92 Å². The minimum Gasteiger partial charge on any atom is -0.0622 e. The topological polar surface area (TPSA) is 0 Å². The Morgan fingerprint density at radius 1 is 0.524 bits per heavy atom. The van der Waals surface area contributed by atoms with Gasteiger partial charge in [0.25, 0.3) is 0 Å². The molecule has 0 nitrogen and oxygen atoms in total. The molecule has 0 unspecified atom stereocenters. The van der Waals surface area contributed by atoms with Crippen LogP contribution < -0.4 is 0 Å². The number of rotatable bonds is 3. The van der Waals surface area contributed by atoms with Gasteiger partial charge in [-0.15, -0.1) is 0 Å². The molecule has 0 saturated carbocycles. The van der Waals surface area contributed by atoms with Gasteiger partial charge in [0.1, 0.15) is 0 Å². The van der Waals surface area contributed by atoms with Crippen LogP contribution in [0.15, 0.2) is 78.9 Å². The first kappa shape index (κ1) is 13.6. The summed E-state index contributed by atoms with van der Waals surface area (Å²) in [5.74, 6) is 0.563. The fourth-order valence-corrected chi connectivity index (χ4v) is 2.56. The predicted octanol–water partition coefficient (Wildman–Crippen LogP) is 6.14. The van der Waals surface area contributed by atoms with Crippen molar-refractivity contribution in [2.45, 2.75) is 19.8 Å². The highest BCUT2D eigenvalue weighted by atomic mass is 14.1. The number of hydrogen-bond donors (Lipinski definition) is 0. The van der Waals surface area contributed by atoms with E-state index in [2.05, 4.69) is 92.7 Å². The normalized spacial score (nSPS) is 10.8. The van der Waals surface area contributed by atoms with Crippen molar-refractivity contribution in [3.05, 3.63) is 84.4 Å². The van der Waals surface area contributed by atoms with Crippen molar-refractivity contribution >= 4 is 0 Å². The third-order valence-corrected chi connectivity index (χ3v) is 3.88. The number of hydrogen-bond acceptors (Lipinski definition) is 0. The van der Waals surface area contributed by atoms with Gasteiger partial charge in [0, 0.05) is 0 Å². The van der Waals surface area contributed by atoms with Crippen molar-refractivity contribution in [1.82, 2.24) is 0 Å². The number of benzene rings is 3. The molecular formula is C21H20. The monoisotopic (exact) mass is 272 g/mol. The second-order valence-corrected chi connectivity index (χ2v) is 5.72. The van der Waals surface area contributed by atoms with E-state index in [4.69, 9.17) is 0 Å². The summed E-state index contributed by atoms with van der Waals surface area (Å²) in [6, 6.07) is 28.2. The minimum absolute atomic E-state index is 0.563. The zero-order valence-electron chi connectivity index (χ0n) is 12.6. The van der Waals surface area contributed by atoms with Gasteiger partial charge in [-0.2, -0.15) is 0 Å². The zero-order chi connectivity index (χ0) is 14.7. The highest BCUT2D eigenvalue weighted by Crippen LogP contribution is 2.26. The fourth-order valence-electron chi connectivity index (χ4n) is 2.56. The van der Waals surface area contributed by atoms with Gasteiger partial charge in [0.05, 0.1) is 0 Å². The molecule has 0 aliphatic rings. The first-order valence-corrected chi connectivity index (χ1v) is 7.50. The summed E-state index contributed by atoms with van der Waals surface area (Å²) in [4.78, 5) is 0. The lowest BCUT2D eigenvalue weighted by molar-refractivity contribution is 0.867. The Bertz CT molecular complexity index is 707. The van der Waals surface area contributed by atoms with Crippen molar-refractivity contribution in [2.75, 3.05) is 0 Å². The smallest absolute Gasteiger partial charge is 0.0181 e. The van der Waals surface area contributed by atoms with E-state index in [1.807, 2.05) is 0 Å². The largest absolute Gasteiger partial charge is 0.0622 e. The average Bonchev–Trinajstić information content (AvgIpc) is 2.56. The summed E-state index contributed by atoms with van der Waals surface area (Å²) in [6.45, 7) is 4.47. The van der Waals surface area contributed by atoms with Gasteiger partial charge in [-0.3, -0.25) is 0 Å². The molecule has 3 aromatic carbocycles. The van der Waals surface area contributed by atoms with Crippen LogP contribution in [0.5, 0.6) is 0 Å². The van der Waals surface area contributed by atoms with E-state index < -0.39 is 0 Å². The summed E-state index contributed by atoms with van der Waals surface area (Å²) in [5, 5.41) is 0. The van der Waals surface area contributed by atoms with E-state index in [-0.39, 0.29) is 0 Å². The molecule has 0 saturated heterocycles. The molecule has 0 bridgehead atoms. The van der Waals surface area contributed by atoms with E-state index in [1.165, 1.54) is 27.8 Å². The van der Waals surface area contributed by atoms with Crippen LogP contribution in [-0.4, -0.2) is 0 Å². The Morgan fingerprint density at radius 2 is 1.05 bits per heavy atom. The Morgan fingerprint density at radius 3 is 1.67 bits per heavy atom. The maximum absolute atomic E-state index is 2.29. The maximum atomic E-state index is 2.29. The summed E-state index contributed by atoms with van der Waals surface area (Å²) >= 11 is 0. The van der Waals surface area contributed by atoms with Crippen molar-refractivity contribution in [3.63, 3.8) is 0 Å². The predicted molar refractivity (Wildman–Crippen MR) is 91.4 cm³/mol. The lowest BCUT2D eigenvalue weighted by Crippen LogP contribution is -1.87. The van der Waals surface area contributed by atoms with Gasteiger partial charge >= 0.3 is 0 Å². The Balaban J connectivity index is 1.93. The molecule has 0 atom stereocenters. The van der Waals surface area contributed by atoms with Gasteiger partial charge in [0.2, 0.25) is 0 Å². The second-order valence-electron chi connectivity index (χ2n) is 5.72. The van der Waals surface area contributed by atoms with Crippen LogP contribution in [0.2, 0.25) is 0 Å². The summed E-state index contributed by atoms with van der Waals surface area (Å²) in [6.07, 6.45) is 0. The fraction of sp³-hybridized carbons (Fsp3) is 0.143. The Kier molecular flexibility index (Phi) is 3.87. The van der Waals surface area contributed by atoms with Crippen LogP contribution in [0.1, 0.15) is 25.3 Å². The van der Waals surface area contributed by atoms with Crippen LogP contribution in [0.4, 0.5) is 0 Å². The van der Waals surface area contributed by atoms with Crippen molar-refractivity contribution < 1.29 is 0 Å². The second kappa shape index (κ2) is 5.97. The first-order valence-electron chi connectivity index (χ1n) is 7.50. The molecule has 0 amide bonds. The van der Waals surface area contributed by atoms with E-state index in [0.717, 1.165) is 0 Å². The van der Waals surface area contributed by atoms with Gasteiger partial charge in [-0.25, -0.2) is 0 Å². The van der Waals surface area contributed by atoms with E-state index in [1.54, 1.807) is 0 Å². The van der Waals surface area contributed by atoms with Crippen molar-refractivity contribution in [2.24, 2.45) is 0 Å². The minimum atomic E-state index is 0.563. The van der Waals surface area contributed by atoms with Gasteiger partial charge in [-0.05, 0) is 33.7 Å².